The maximum atomic E-state index is 10.7. The van der Waals surface area contributed by atoms with Crippen LogP contribution in [0.1, 0.15) is 17.5 Å². The van der Waals surface area contributed by atoms with Gasteiger partial charge in [0.1, 0.15) is 17.6 Å². The molecule has 4 rings (SSSR count). The zero-order valence-electron chi connectivity index (χ0n) is 12.4. The predicted octanol–water partition coefficient (Wildman–Crippen LogP) is 3.48. The summed E-state index contributed by atoms with van der Waals surface area (Å²) in [6, 6.07) is 21.3. The van der Waals surface area contributed by atoms with Crippen LogP contribution in [0.3, 0.4) is 0 Å². The summed E-state index contributed by atoms with van der Waals surface area (Å²) < 4.78 is 2.00. The van der Waals surface area contributed by atoms with Gasteiger partial charge in [0.2, 0.25) is 0 Å². The number of fused-ring (bicyclic) bond motifs is 1. The van der Waals surface area contributed by atoms with Crippen LogP contribution in [0.4, 0.5) is 0 Å². The van der Waals surface area contributed by atoms with Crippen molar-refractivity contribution < 1.29 is 5.11 Å². The highest BCUT2D eigenvalue weighted by Gasteiger charge is 2.20. The molecular weight excluding hydrogens is 286 g/mol. The van der Waals surface area contributed by atoms with Gasteiger partial charge >= 0.3 is 0 Å². The van der Waals surface area contributed by atoms with Gasteiger partial charge in [0.25, 0.3) is 0 Å². The third-order valence-corrected chi connectivity index (χ3v) is 3.84. The van der Waals surface area contributed by atoms with E-state index in [9.17, 15) is 5.11 Å². The Labute approximate surface area is 133 Å². The zero-order valence-corrected chi connectivity index (χ0v) is 12.4. The smallest absolute Gasteiger partial charge is 0.144 e. The van der Waals surface area contributed by atoms with E-state index < -0.39 is 6.10 Å². The van der Waals surface area contributed by atoms with Crippen molar-refractivity contribution in [3.8, 4) is 11.4 Å². The van der Waals surface area contributed by atoms with Crippen LogP contribution in [-0.4, -0.2) is 19.5 Å². The van der Waals surface area contributed by atoms with Crippen molar-refractivity contribution in [2.24, 2.45) is 0 Å². The van der Waals surface area contributed by atoms with Gasteiger partial charge in [-0.1, -0.05) is 42.5 Å². The molecule has 1 aromatic carbocycles. The second kappa shape index (κ2) is 5.66. The summed E-state index contributed by atoms with van der Waals surface area (Å²) in [4.78, 5) is 8.95. The molecule has 0 bridgehead atoms. The Kier molecular flexibility index (Phi) is 3.37. The number of aliphatic hydroxyl groups excluding tert-OH is 1. The molecule has 0 amide bonds. The molecule has 3 heterocycles. The van der Waals surface area contributed by atoms with Gasteiger partial charge in [-0.2, -0.15) is 0 Å². The van der Waals surface area contributed by atoms with E-state index in [1.54, 1.807) is 12.3 Å². The van der Waals surface area contributed by atoms with E-state index in [0.717, 1.165) is 16.9 Å². The van der Waals surface area contributed by atoms with Gasteiger partial charge in [0.15, 0.2) is 0 Å². The first-order chi connectivity index (χ1) is 11.3. The zero-order chi connectivity index (χ0) is 15.6. The molecule has 0 saturated carbocycles. The van der Waals surface area contributed by atoms with Gasteiger partial charge in [-0.15, -0.1) is 0 Å². The lowest BCUT2D eigenvalue weighted by Crippen LogP contribution is -2.02. The van der Waals surface area contributed by atoms with E-state index in [1.807, 2.05) is 71.3 Å². The fraction of sp³-hybridized carbons (Fsp3) is 0.0526. The van der Waals surface area contributed by atoms with Crippen LogP contribution >= 0.6 is 0 Å². The topological polar surface area (TPSA) is 50.4 Å². The Bertz CT molecular complexity index is 933. The van der Waals surface area contributed by atoms with Gasteiger partial charge in [-0.3, -0.25) is 9.38 Å². The molecule has 0 aliphatic heterocycles. The number of benzene rings is 1. The first-order valence-electron chi connectivity index (χ1n) is 7.46. The largest absolute Gasteiger partial charge is 0.380 e. The van der Waals surface area contributed by atoms with Crippen molar-refractivity contribution in [2.45, 2.75) is 6.10 Å². The van der Waals surface area contributed by atoms with Crippen LogP contribution in [0.5, 0.6) is 0 Å². The Morgan fingerprint density at radius 3 is 2.43 bits per heavy atom. The molecule has 0 aliphatic carbocycles. The second-order valence-electron chi connectivity index (χ2n) is 5.30. The molecule has 4 aromatic rings. The van der Waals surface area contributed by atoms with E-state index >= 15 is 0 Å². The molecule has 23 heavy (non-hydrogen) atoms. The second-order valence-corrected chi connectivity index (χ2v) is 5.30. The minimum absolute atomic E-state index is 0.593. The van der Waals surface area contributed by atoms with Crippen molar-refractivity contribution in [3.05, 3.63) is 90.5 Å². The molecule has 3 aromatic heterocycles. The molecule has 4 nitrogen and oxygen atoms in total. The minimum Gasteiger partial charge on any atom is -0.380 e. The van der Waals surface area contributed by atoms with Gasteiger partial charge in [0, 0.05) is 18.0 Å². The van der Waals surface area contributed by atoms with E-state index in [1.165, 1.54) is 0 Å². The lowest BCUT2D eigenvalue weighted by Gasteiger charge is -2.07. The summed E-state index contributed by atoms with van der Waals surface area (Å²) in [6.07, 6.45) is 2.78. The molecule has 0 aliphatic rings. The van der Waals surface area contributed by atoms with Gasteiger partial charge in [-0.05, 0) is 24.3 Å². The normalized spacial score (nSPS) is 12.4. The predicted molar refractivity (Wildman–Crippen MR) is 88.9 cm³/mol. The van der Waals surface area contributed by atoms with Crippen molar-refractivity contribution >= 4 is 5.52 Å². The standard InChI is InChI=1S/C19H15N3O/c23-18(15-10-4-6-12-20-15)17-16-11-5-7-13-22(16)19(21-17)14-8-2-1-3-9-14/h1-13,18,23H. The van der Waals surface area contributed by atoms with E-state index in [-0.39, 0.29) is 0 Å². The number of rotatable bonds is 3. The van der Waals surface area contributed by atoms with Crippen molar-refractivity contribution in [2.75, 3.05) is 0 Å². The number of nitrogens with zero attached hydrogens (tertiary/aromatic N) is 3. The highest BCUT2D eigenvalue weighted by molar-refractivity contribution is 5.66. The Morgan fingerprint density at radius 2 is 1.65 bits per heavy atom. The first-order valence-corrected chi connectivity index (χ1v) is 7.46. The number of aromatic nitrogens is 3. The molecule has 0 spiro atoms. The molecule has 0 saturated heterocycles. The molecular formula is C19H15N3O. The number of pyridine rings is 2. The lowest BCUT2D eigenvalue weighted by atomic mass is 10.1. The van der Waals surface area contributed by atoms with Crippen LogP contribution in [0.15, 0.2) is 79.1 Å². The highest BCUT2D eigenvalue weighted by atomic mass is 16.3. The Balaban J connectivity index is 1.92. The molecule has 1 unspecified atom stereocenters. The molecule has 0 fully saturated rings. The molecule has 1 N–H and O–H groups in total. The molecule has 112 valence electrons. The number of imidazole rings is 1. The van der Waals surface area contributed by atoms with E-state index in [2.05, 4.69) is 4.98 Å². The summed E-state index contributed by atoms with van der Waals surface area (Å²) in [5.41, 5.74) is 3.09. The number of hydrogen-bond acceptors (Lipinski definition) is 3. The third kappa shape index (κ3) is 2.39. The molecule has 0 radical (unpaired) electrons. The molecule has 4 heteroatoms. The van der Waals surface area contributed by atoms with Gasteiger partial charge in [0.05, 0.1) is 11.2 Å². The first kappa shape index (κ1) is 13.7. The van der Waals surface area contributed by atoms with Crippen molar-refractivity contribution in [3.63, 3.8) is 0 Å². The SMILES string of the molecule is OC(c1ccccn1)c1nc(-c2ccccc2)n2ccccc12. The Hall–Kier alpha value is -2.98. The fourth-order valence-electron chi connectivity index (χ4n) is 2.73. The van der Waals surface area contributed by atoms with Gasteiger partial charge in [-0.25, -0.2) is 4.98 Å². The van der Waals surface area contributed by atoms with E-state index in [0.29, 0.717) is 11.4 Å². The van der Waals surface area contributed by atoms with Crippen LogP contribution in [0.2, 0.25) is 0 Å². The quantitative estimate of drug-likeness (QED) is 0.630. The molecule has 1 atom stereocenters. The summed E-state index contributed by atoms with van der Waals surface area (Å²) in [5.74, 6) is 0.811. The summed E-state index contributed by atoms with van der Waals surface area (Å²) in [6.45, 7) is 0. The fourth-order valence-corrected chi connectivity index (χ4v) is 2.73. The average molecular weight is 301 g/mol. The summed E-state index contributed by atoms with van der Waals surface area (Å²) in [7, 11) is 0. The average Bonchev–Trinajstić information content (AvgIpc) is 3.02. The van der Waals surface area contributed by atoms with E-state index in [4.69, 9.17) is 4.98 Å². The number of hydrogen-bond donors (Lipinski definition) is 1. The van der Waals surface area contributed by atoms with Crippen LogP contribution in [0.25, 0.3) is 16.9 Å². The maximum Gasteiger partial charge on any atom is 0.144 e. The monoisotopic (exact) mass is 301 g/mol. The van der Waals surface area contributed by atoms with Crippen LogP contribution < -0.4 is 0 Å². The minimum atomic E-state index is -0.855. The maximum absolute atomic E-state index is 10.7. The summed E-state index contributed by atoms with van der Waals surface area (Å²) >= 11 is 0. The van der Waals surface area contributed by atoms with Gasteiger partial charge < -0.3 is 5.11 Å². The third-order valence-electron chi connectivity index (χ3n) is 3.84. The van der Waals surface area contributed by atoms with Crippen LogP contribution in [-0.2, 0) is 0 Å². The van der Waals surface area contributed by atoms with Crippen LogP contribution in [0, 0.1) is 0 Å². The lowest BCUT2D eigenvalue weighted by molar-refractivity contribution is 0.212. The summed E-state index contributed by atoms with van der Waals surface area (Å²) in [5, 5.41) is 10.7. The van der Waals surface area contributed by atoms with Crippen molar-refractivity contribution in [1.29, 1.82) is 0 Å². The highest BCUT2D eigenvalue weighted by Crippen LogP contribution is 2.28. The Morgan fingerprint density at radius 1 is 0.870 bits per heavy atom. The van der Waals surface area contributed by atoms with Crippen molar-refractivity contribution in [1.82, 2.24) is 14.4 Å². The number of aliphatic hydroxyl groups is 1.